The molecule has 0 bridgehead atoms. The van der Waals surface area contributed by atoms with Crippen molar-refractivity contribution >= 4 is 43.2 Å². The Kier molecular flexibility index (Phi) is 4.07. The van der Waals surface area contributed by atoms with Crippen LogP contribution in [0.1, 0.15) is 0 Å². The second-order valence-electron chi connectivity index (χ2n) is 5.49. The molecule has 4 rings (SSSR count). The van der Waals surface area contributed by atoms with E-state index in [4.69, 9.17) is 0 Å². The SMILES string of the molecule is O=[N+]([O-])c1ccc(Br)cc1-c1ccc2nc(-c3ccccc3)sc2c1. The molecule has 1 aromatic heterocycles. The summed E-state index contributed by atoms with van der Waals surface area (Å²) < 4.78 is 1.81. The number of rotatable bonds is 3. The number of hydrogen-bond acceptors (Lipinski definition) is 4. The molecule has 0 saturated heterocycles. The van der Waals surface area contributed by atoms with Gasteiger partial charge in [0.05, 0.1) is 20.7 Å². The second kappa shape index (κ2) is 6.38. The molecule has 0 N–H and O–H groups in total. The van der Waals surface area contributed by atoms with Crippen molar-refractivity contribution in [1.29, 1.82) is 0 Å². The van der Waals surface area contributed by atoms with E-state index in [1.54, 1.807) is 23.5 Å². The largest absolute Gasteiger partial charge is 0.277 e. The Balaban J connectivity index is 1.85. The zero-order chi connectivity index (χ0) is 17.4. The van der Waals surface area contributed by atoms with Gasteiger partial charge in [-0.2, -0.15) is 0 Å². The van der Waals surface area contributed by atoms with E-state index in [0.29, 0.717) is 5.56 Å². The Morgan fingerprint density at radius 3 is 2.52 bits per heavy atom. The number of thiazole rings is 1. The molecule has 1 heterocycles. The van der Waals surface area contributed by atoms with Crippen molar-refractivity contribution in [2.75, 3.05) is 0 Å². The van der Waals surface area contributed by atoms with Gasteiger partial charge < -0.3 is 0 Å². The normalized spacial score (nSPS) is 10.9. The number of nitrogens with zero attached hydrogens (tertiary/aromatic N) is 2. The third-order valence-corrected chi connectivity index (χ3v) is 5.44. The maximum absolute atomic E-state index is 11.3. The minimum Gasteiger partial charge on any atom is -0.258 e. The van der Waals surface area contributed by atoms with E-state index in [1.165, 1.54) is 6.07 Å². The van der Waals surface area contributed by atoms with E-state index in [1.807, 2.05) is 48.5 Å². The zero-order valence-electron chi connectivity index (χ0n) is 12.8. The van der Waals surface area contributed by atoms with Crippen LogP contribution in [0.2, 0.25) is 0 Å². The summed E-state index contributed by atoms with van der Waals surface area (Å²) in [6.45, 7) is 0. The molecule has 4 nitrogen and oxygen atoms in total. The minimum atomic E-state index is -0.353. The van der Waals surface area contributed by atoms with Gasteiger partial charge in [-0.25, -0.2) is 4.98 Å². The quantitative estimate of drug-likeness (QED) is 0.294. The van der Waals surface area contributed by atoms with E-state index in [0.717, 1.165) is 30.8 Å². The molecule has 0 fully saturated rings. The predicted molar refractivity (Wildman–Crippen MR) is 105 cm³/mol. The minimum absolute atomic E-state index is 0.0929. The van der Waals surface area contributed by atoms with Gasteiger partial charge in [0.1, 0.15) is 5.01 Å². The molecular weight excluding hydrogens is 400 g/mol. The van der Waals surface area contributed by atoms with Crippen LogP contribution in [-0.2, 0) is 0 Å². The summed E-state index contributed by atoms with van der Waals surface area (Å²) in [6.07, 6.45) is 0. The molecule has 0 saturated carbocycles. The van der Waals surface area contributed by atoms with E-state index < -0.39 is 0 Å². The molecule has 122 valence electrons. The highest BCUT2D eigenvalue weighted by Gasteiger charge is 2.16. The van der Waals surface area contributed by atoms with Crippen LogP contribution in [0.25, 0.3) is 31.9 Å². The first-order valence-electron chi connectivity index (χ1n) is 7.52. The molecule has 0 aliphatic rings. The average Bonchev–Trinajstić information content (AvgIpc) is 3.05. The van der Waals surface area contributed by atoms with Gasteiger partial charge in [0, 0.05) is 16.1 Å². The van der Waals surface area contributed by atoms with Gasteiger partial charge >= 0.3 is 0 Å². The average molecular weight is 411 g/mol. The third-order valence-electron chi connectivity index (χ3n) is 3.88. The van der Waals surface area contributed by atoms with E-state index in [2.05, 4.69) is 20.9 Å². The lowest BCUT2D eigenvalue weighted by Crippen LogP contribution is -1.91. The Morgan fingerprint density at radius 2 is 1.76 bits per heavy atom. The van der Waals surface area contributed by atoms with Crippen LogP contribution in [0.15, 0.2) is 71.2 Å². The fourth-order valence-electron chi connectivity index (χ4n) is 2.70. The van der Waals surface area contributed by atoms with Gasteiger partial charge in [-0.15, -0.1) is 11.3 Å². The topological polar surface area (TPSA) is 56.0 Å². The van der Waals surface area contributed by atoms with Crippen LogP contribution in [0.5, 0.6) is 0 Å². The zero-order valence-corrected chi connectivity index (χ0v) is 15.3. The molecule has 0 unspecified atom stereocenters. The fraction of sp³-hybridized carbons (Fsp3) is 0. The Hall–Kier alpha value is -2.57. The van der Waals surface area contributed by atoms with Gasteiger partial charge in [-0.3, -0.25) is 10.1 Å². The Bertz CT molecular complexity index is 1090. The summed E-state index contributed by atoms with van der Waals surface area (Å²) in [5.41, 5.74) is 3.46. The summed E-state index contributed by atoms with van der Waals surface area (Å²) in [5.74, 6) is 0. The lowest BCUT2D eigenvalue weighted by Gasteiger charge is -2.04. The molecule has 0 radical (unpaired) electrons. The maximum atomic E-state index is 11.3. The highest BCUT2D eigenvalue weighted by molar-refractivity contribution is 9.10. The monoisotopic (exact) mass is 410 g/mol. The number of fused-ring (bicyclic) bond motifs is 1. The molecule has 4 aromatic rings. The Labute approximate surface area is 156 Å². The fourth-order valence-corrected chi connectivity index (χ4v) is 4.07. The summed E-state index contributed by atoms with van der Waals surface area (Å²) in [5, 5.41) is 12.3. The molecule has 0 aliphatic carbocycles. The van der Waals surface area contributed by atoms with Crippen molar-refractivity contribution in [3.05, 3.63) is 81.3 Å². The van der Waals surface area contributed by atoms with Crippen LogP contribution >= 0.6 is 27.3 Å². The van der Waals surface area contributed by atoms with Gasteiger partial charge in [-0.1, -0.05) is 52.3 Å². The van der Waals surface area contributed by atoms with E-state index in [9.17, 15) is 10.1 Å². The number of nitro benzene ring substituents is 1. The predicted octanol–water partition coefficient (Wildman–Crippen LogP) is 6.30. The van der Waals surface area contributed by atoms with Gasteiger partial charge in [0.2, 0.25) is 0 Å². The first-order valence-corrected chi connectivity index (χ1v) is 9.13. The van der Waals surface area contributed by atoms with Crippen molar-refractivity contribution in [3.8, 4) is 21.7 Å². The number of benzene rings is 3. The maximum Gasteiger partial charge on any atom is 0.277 e. The van der Waals surface area contributed by atoms with Crippen molar-refractivity contribution in [2.45, 2.75) is 0 Å². The highest BCUT2D eigenvalue weighted by Crippen LogP contribution is 2.37. The van der Waals surface area contributed by atoms with Crippen LogP contribution in [0.3, 0.4) is 0 Å². The van der Waals surface area contributed by atoms with Gasteiger partial charge in [0.15, 0.2) is 0 Å². The molecule has 0 spiro atoms. The number of aromatic nitrogens is 1. The van der Waals surface area contributed by atoms with E-state index in [-0.39, 0.29) is 10.6 Å². The van der Waals surface area contributed by atoms with Gasteiger partial charge in [0.25, 0.3) is 5.69 Å². The lowest BCUT2D eigenvalue weighted by molar-refractivity contribution is -0.384. The number of nitro groups is 1. The van der Waals surface area contributed by atoms with Crippen molar-refractivity contribution in [1.82, 2.24) is 4.98 Å². The molecule has 0 atom stereocenters. The highest BCUT2D eigenvalue weighted by atomic mass is 79.9. The summed E-state index contributed by atoms with van der Waals surface area (Å²) in [4.78, 5) is 15.7. The van der Waals surface area contributed by atoms with Crippen molar-refractivity contribution in [3.63, 3.8) is 0 Å². The molecule has 6 heteroatoms. The van der Waals surface area contributed by atoms with E-state index >= 15 is 0 Å². The molecule has 3 aromatic carbocycles. The van der Waals surface area contributed by atoms with Crippen LogP contribution < -0.4 is 0 Å². The van der Waals surface area contributed by atoms with Crippen molar-refractivity contribution < 1.29 is 4.92 Å². The first kappa shape index (κ1) is 15.9. The third kappa shape index (κ3) is 3.06. The summed E-state index contributed by atoms with van der Waals surface area (Å²) in [7, 11) is 0. The second-order valence-corrected chi connectivity index (χ2v) is 7.43. The van der Waals surface area contributed by atoms with Crippen LogP contribution in [-0.4, -0.2) is 9.91 Å². The molecule has 0 aliphatic heterocycles. The first-order chi connectivity index (χ1) is 12.1. The standard InChI is InChI=1S/C19H11BrN2O2S/c20-14-7-9-17(22(23)24)15(11-14)13-6-8-16-18(10-13)25-19(21-16)12-4-2-1-3-5-12/h1-11H. The van der Waals surface area contributed by atoms with Crippen molar-refractivity contribution in [2.24, 2.45) is 0 Å². The smallest absolute Gasteiger partial charge is 0.258 e. The Morgan fingerprint density at radius 1 is 0.960 bits per heavy atom. The lowest BCUT2D eigenvalue weighted by atomic mass is 10.0. The molecular formula is C19H11BrN2O2S. The van der Waals surface area contributed by atoms with Gasteiger partial charge in [-0.05, 0) is 29.8 Å². The number of halogens is 1. The van der Waals surface area contributed by atoms with Crippen LogP contribution in [0.4, 0.5) is 5.69 Å². The molecule has 0 amide bonds. The summed E-state index contributed by atoms with van der Waals surface area (Å²) >= 11 is 4.98. The van der Waals surface area contributed by atoms with Crippen LogP contribution in [0, 0.1) is 10.1 Å². The number of hydrogen-bond donors (Lipinski definition) is 0. The summed E-state index contributed by atoms with van der Waals surface area (Å²) in [6, 6.07) is 20.7. The molecule has 25 heavy (non-hydrogen) atoms.